The number of aliphatic hydroxyl groups excluding tert-OH is 1. The second-order valence-electron chi connectivity index (χ2n) is 4.81. The molecule has 3 heterocycles. The lowest BCUT2D eigenvalue weighted by atomic mass is 10.3. The first-order valence-corrected chi connectivity index (χ1v) is 6.84. The van der Waals surface area contributed by atoms with E-state index in [2.05, 4.69) is 19.8 Å². The van der Waals surface area contributed by atoms with Gasteiger partial charge in [-0.25, -0.2) is 9.97 Å². The molecule has 3 rings (SSSR count). The van der Waals surface area contributed by atoms with Crippen molar-refractivity contribution in [2.75, 3.05) is 36.0 Å². The van der Waals surface area contributed by atoms with Crippen molar-refractivity contribution in [3.63, 3.8) is 0 Å². The average molecular weight is 270 g/mol. The molecular weight excluding hydrogens is 252 g/mol. The highest BCUT2D eigenvalue weighted by molar-refractivity contribution is 5.44. The highest BCUT2D eigenvalue weighted by Crippen LogP contribution is 2.17. The first kappa shape index (κ1) is 12.9. The molecule has 2 aromatic heterocycles. The van der Waals surface area contributed by atoms with Gasteiger partial charge in [-0.3, -0.25) is 0 Å². The maximum atomic E-state index is 9.15. The summed E-state index contributed by atoms with van der Waals surface area (Å²) in [5.41, 5.74) is 0.717. The molecule has 0 bridgehead atoms. The molecule has 104 valence electrons. The summed E-state index contributed by atoms with van der Waals surface area (Å²) in [6.07, 6.45) is 1.83. The van der Waals surface area contributed by atoms with Crippen LogP contribution in [0.25, 0.3) is 0 Å². The van der Waals surface area contributed by atoms with Crippen LogP contribution in [0.2, 0.25) is 0 Å². The molecule has 1 fully saturated rings. The van der Waals surface area contributed by atoms with Gasteiger partial charge in [0.15, 0.2) is 0 Å². The van der Waals surface area contributed by atoms with Gasteiger partial charge in [-0.15, -0.1) is 0 Å². The van der Waals surface area contributed by atoms with Crippen LogP contribution >= 0.6 is 0 Å². The number of hydrogen-bond donors (Lipinski definition) is 1. The summed E-state index contributed by atoms with van der Waals surface area (Å²) in [5.74, 6) is 1.97. The van der Waals surface area contributed by atoms with Crippen LogP contribution < -0.4 is 9.80 Å². The van der Waals surface area contributed by atoms with Crippen LogP contribution in [0.5, 0.6) is 0 Å². The third-order valence-corrected chi connectivity index (χ3v) is 3.53. The van der Waals surface area contributed by atoms with Crippen LogP contribution in [0, 0.1) is 0 Å². The van der Waals surface area contributed by atoms with E-state index in [0.717, 1.165) is 43.5 Å². The third-order valence-electron chi connectivity index (χ3n) is 3.53. The van der Waals surface area contributed by atoms with Gasteiger partial charge in [0, 0.05) is 32.4 Å². The molecule has 0 spiro atoms. The topological polar surface area (TPSA) is 52.5 Å². The fraction of sp³-hybridized carbons (Fsp3) is 0.333. The van der Waals surface area contributed by atoms with Crippen LogP contribution in [-0.4, -0.2) is 41.3 Å². The minimum Gasteiger partial charge on any atom is -0.390 e. The first-order valence-electron chi connectivity index (χ1n) is 6.84. The van der Waals surface area contributed by atoms with E-state index in [1.807, 2.05) is 42.6 Å². The molecule has 5 nitrogen and oxygen atoms in total. The SMILES string of the molecule is OCc1cccc(N2CCN(c3ccccn3)CC2)n1. The summed E-state index contributed by atoms with van der Waals surface area (Å²) in [6.45, 7) is 3.68. The Kier molecular flexibility index (Phi) is 3.78. The highest BCUT2D eigenvalue weighted by Gasteiger charge is 2.18. The van der Waals surface area contributed by atoms with Crippen molar-refractivity contribution in [1.29, 1.82) is 0 Å². The Morgan fingerprint density at radius 2 is 1.60 bits per heavy atom. The number of pyridine rings is 2. The summed E-state index contributed by atoms with van der Waals surface area (Å²) < 4.78 is 0. The summed E-state index contributed by atoms with van der Waals surface area (Å²) in [4.78, 5) is 13.4. The summed E-state index contributed by atoms with van der Waals surface area (Å²) in [6, 6.07) is 11.8. The lowest BCUT2D eigenvalue weighted by molar-refractivity contribution is 0.277. The lowest BCUT2D eigenvalue weighted by Crippen LogP contribution is -2.47. The number of rotatable bonds is 3. The fourth-order valence-corrected chi connectivity index (χ4v) is 2.44. The second kappa shape index (κ2) is 5.88. The van der Waals surface area contributed by atoms with Gasteiger partial charge < -0.3 is 14.9 Å². The molecule has 0 amide bonds. The Balaban J connectivity index is 1.66. The van der Waals surface area contributed by atoms with E-state index in [0.29, 0.717) is 0 Å². The standard InChI is InChI=1S/C15H18N4O/c20-12-13-4-3-6-15(17-13)19-10-8-18(9-11-19)14-5-1-2-7-16-14/h1-7,20H,8-12H2. The molecule has 0 aliphatic carbocycles. The number of aromatic nitrogens is 2. The molecule has 0 atom stereocenters. The Morgan fingerprint density at radius 3 is 2.25 bits per heavy atom. The monoisotopic (exact) mass is 270 g/mol. The van der Waals surface area contributed by atoms with Gasteiger partial charge in [0.2, 0.25) is 0 Å². The Hall–Kier alpha value is -2.14. The van der Waals surface area contributed by atoms with Gasteiger partial charge >= 0.3 is 0 Å². The number of hydrogen-bond acceptors (Lipinski definition) is 5. The zero-order chi connectivity index (χ0) is 13.8. The quantitative estimate of drug-likeness (QED) is 0.911. The molecule has 1 aliphatic heterocycles. The van der Waals surface area contributed by atoms with Gasteiger partial charge in [-0.1, -0.05) is 12.1 Å². The van der Waals surface area contributed by atoms with Gasteiger partial charge in [-0.2, -0.15) is 0 Å². The largest absolute Gasteiger partial charge is 0.390 e. The van der Waals surface area contributed by atoms with Gasteiger partial charge in [0.25, 0.3) is 0 Å². The highest BCUT2D eigenvalue weighted by atomic mass is 16.3. The van der Waals surface area contributed by atoms with Gasteiger partial charge in [0.05, 0.1) is 12.3 Å². The third kappa shape index (κ3) is 2.72. The van der Waals surface area contributed by atoms with E-state index in [-0.39, 0.29) is 6.61 Å². The molecule has 20 heavy (non-hydrogen) atoms. The van der Waals surface area contributed by atoms with Crippen molar-refractivity contribution in [2.24, 2.45) is 0 Å². The molecule has 0 saturated carbocycles. The molecule has 1 N–H and O–H groups in total. The maximum absolute atomic E-state index is 9.15. The van der Waals surface area contributed by atoms with Crippen molar-refractivity contribution >= 4 is 11.6 Å². The summed E-state index contributed by atoms with van der Waals surface area (Å²) in [7, 11) is 0. The molecular formula is C15H18N4O. The zero-order valence-corrected chi connectivity index (χ0v) is 11.3. The molecule has 5 heteroatoms. The Bertz CT molecular complexity index is 553. The van der Waals surface area contributed by atoms with Crippen molar-refractivity contribution in [3.8, 4) is 0 Å². The maximum Gasteiger partial charge on any atom is 0.129 e. The van der Waals surface area contributed by atoms with Gasteiger partial charge in [-0.05, 0) is 24.3 Å². The average Bonchev–Trinajstić information content (AvgIpc) is 2.56. The van der Waals surface area contributed by atoms with Crippen LogP contribution in [0.15, 0.2) is 42.6 Å². The molecule has 0 radical (unpaired) electrons. The second-order valence-corrected chi connectivity index (χ2v) is 4.81. The van der Waals surface area contributed by atoms with Crippen molar-refractivity contribution < 1.29 is 5.11 Å². The molecule has 1 aliphatic rings. The predicted octanol–water partition coefficient (Wildman–Crippen LogP) is 1.30. The minimum absolute atomic E-state index is 0.0122. The number of anilines is 2. The number of nitrogens with zero attached hydrogens (tertiary/aromatic N) is 4. The van der Waals surface area contributed by atoms with E-state index in [9.17, 15) is 0 Å². The zero-order valence-electron chi connectivity index (χ0n) is 11.3. The molecule has 0 unspecified atom stereocenters. The summed E-state index contributed by atoms with van der Waals surface area (Å²) >= 11 is 0. The van der Waals surface area contributed by atoms with Crippen LogP contribution in [0.1, 0.15) is 5.69 Å². The van der Waals surface area contributed by atoms with Crippen molar-refractivity contribution in [1.82, 2.24) is 9.97 Å². The number of piperazine rings is 1. The van der Waals surface area contributed by atoms with Crippen molar-refractivity contribution in [2.45, 2.75) is 6.61 Å². The van der Waals surface area contributed by atoms with Gasteiger partial charge in [0.1, 0.15) is 11.6 Å². The number of aliphatic hydroxyl groups is 1. The smallest absolute Gasteiger partial charge is 0.129 e. The van der Waals surface area contributed by atoms with E-state index >= 15 is 0 Å². The molecule has 0 aromatic carbocycles. The lowest BCUT2D eigenvalue weighted by Gasteiger charge is -2.36. The van der Waals surface area contributed by atoms with E-state index in [1.54, 1.807) is 0 Å². The van der Waals surface area contributed by atoms with E-state index < -0.39 is 0 Å². The first-order chi connectivity index (χ1) is 9.86. The Morgan fingerprint density at radius 1 is 0.900 bits per heavy atom. The van der Waals surface area contributed by atoms with Crippen LogP contribution in [0.3, 0.4) is 0 Å². The normalized spacial score (nSPS) is 15.4. The summed E-state index contributed by atoms with van der Waals surface area (Å²) in [5, 5.41) is 9.15. The van der Waals surface area contributed by atoms with E-state index in [4.69, 9.17) is 5.11 Å². The Labute approximate surface area is 118 Å². The van der Waals surface area contributed by atoms with Crippen molar-refractivity contribution in [3.05, 3.63) is 48.3 Å². The predicted molar refractivity (Wildman–Crippen MR) is 78.8 cm³/mol. The van der Waals surface area contributed by atoms with Crippen LogP contribution in [-0.2, 0) is 6.61 Å². The van der Waals surface area contributed by atoms with E-state index in [1.165, 1.54) is 0 Å². The van der Waals surface area contributed by atoms with Crippen LogP contribution in [0.4, 0.5) is 11.6 Å². The molecule has 1 saturated heterocycles. The fourth-order valence-electron chi connectivity index (χ4n) is 2.44. The minimum atomic E-state index is -0.0122. The molecule has 2 aromatic rings.